The highest BCUT2D eigenvalue weighted by Crippen LogP contribution is 2.68. The van der Waals surface area contributed by atoms with Gasteiger partial charge in [-0.05, 0) is 18.9 Å². The Kier molecular flexibility index (Phi) is 10.4. The Hall–Kier alpha value is -2.18. The molecule has 4 aliphatic rings. The van der Waals surface area contributed by atoms with Crippen LogP contribution in [0.15, 0.2) is 55.6 Å². The minimum Gasteiger partial charge on any atom is -0.394 e. The number of thioether (sulfide) groups is 1. The SMILES string of the molecule is C=CCN(CCN1CCOCC1)C(=O)C1N([C@H](C)CO)C(=O)[C@@H]2[C@@H](C(=O)N(CC=C)Cc3ccccc3)[C@@H]3SC12CC3Br. The van der Waals surface area contributed by atoms with Crippen molar-refractivity contribution in [2.45, 2.75) is 46.8 Å². The molecule has 0 aliphatic carbocycles. The van der Waals surface area contributed by atoms with Crippen molar-refractivity contribution in [1.82, 2.24) is 19.6 Å². The van der Waals surface area contributed by atoms with Gasteiger partial charge in [0.25, 0.3) is 0 Å². The first-order valence-electron chi connectivity index (χ1n) is 15.2. The minimum atomic E-state index is -0.786. The van der Waals surface area contributed by atoms with Crippen LogP contribution in [0.2, 0.25) is 0 Å². The first-order valence-corrected chi connectivity index (χ1v) is 16.9. The van der Waals surface area contributed by atoms with Gasteiger partial charge in [0.2, 0.25) is 17.7 Å². The normalized spacial score (nSPS) is 30.6. The molecular formula is C32H43BrN4O5S. The Bertz CT molecular complexity index is 1200. The van der Waals surface area contributed by atoms with Crippen molar-refractivity contribution in [2.75, 3.05) is 59.1 Å². The molecule has 1 aromatic carbocycles. The van der Waals surface area contributed by atoms with Crippen LogP contribution in [0.1, 0.15) is 18.9 Å². The summed E-state index contributed by atoms with van der Waals surface area (Å²) in [4.78, 5) is 50.8. The van der Waals surface area contributed by atoms with E-state index in [0.717, 1.165) is 18.7 Å². The zero-order valence-electron chi connectivity index (χ0n) is 24.9. The summed E-state index contributed by atoms with van der Waals surface area (Å²) in [5.41, 5.74) is 1.00. The van der Waals surface area contributed by atoms with E-state index in [1.807, 2.05) is 30.3 Å². The number of morpholine rings is 1. The molecule has 4 heterocycles. The topological polar surface area (TPSA) is 93.6 Å². The van der Waals surface area contributed by atoms with Gasteiger partial charge in [-0.25, -0.2) is 0 Å². The van der Waals surface area contributed by atoms with Gasteiger partial charge in [0.1, 0.15) is 6.04 Å². The maximum atomic E-state index is 14.6. The van der Waals surface area contributed by atoms with Gasteiger partial charge in [0.05, 0.1) is 42.4 Å². The van der Waals surface area contributed by atoms with E-state index in [9.17, 15) is 19.5 Å². The smallest absolute Gasteiger partial charge is 0.247 e. The molecule has 5 rings (SSSR count). The van der Waals surface area contributed by atoms with Crippen LogP contribution in [0.25, 0.3) is 0 Å². The molecule has 9 nitrogen and oxygen atoms in total. The third-order valence-electron chi connectivity index (χ3n) is 9.31. The van der Waals surface area contributed by atoms with E-state index in [2.05, 4.69) is 34.0 Å². The third kappa shape index (κ3) is 6.08. The van der Waals surface area contributed by atoms with Gasteiger partial charge in [0, 0.05) is 55.9 Å². The molecule has 3 unspecified atom stereocenters. The van der Waals surface area contributed by atoms with Crippen molar-refractivity contribution in [1.29, 1.82) is 0 Å². The zero-order chi connectivity index (χ0) is 30.7. The summed E-state index contributed by atoms with van der Waals surface area (Å²) in [6.45, 7) is 14.6. The Labute approximate surface area is 267 Å². The highest BCUT2D eigenvalue weighted by atomic mass is 79.9. The van der Waals surface area contributed by atoms with Crippen molar-refractivity contribution in [2.24, 2.45) is 11.8 Å². The molecule has 2 bridgehead atoms. The molecule has 4 saturated heterocycles. The summed E-state index contributed by atoms with van der Waals surface area (Å²) in [6, 6.07) is 8.45. The summed E-state index contributed by atoms with van der Waals surface area (Å²) in [7, 11) is 0. The van der Waals surface area contributed by atoms with E-state index < -0.39 is 28.7 Å². The van der Waals surface area contributed by atoms with Gasteiger partial charge in [-0.15, -0.1) is 24.9 Å². The molecule has 11 heteroatoms. The maximum Gasteiger partial charge on any atom is 0.247 e. The van der Waals surface area contributed by atoms with Gasteiger partial charge < -0.3 is 24.5 Å². The Morgan fingerprint density at radius 1 is 1.16 bits per heavy atom. The number of carbonyl (C=O) groups excluding carboxylic acids is 3. The second-order valence-electron chi connectivity index (χ2n) is 12.0. The number of hydrogen-bond acceptors (Lipinski definition) is 7. The molecule has 4 fully saturated rings. The Morgan fingerprint density at radius 3 is 2.49 bits per heavy atom. The van der Waals surface area contributed by atoms with Crippen LogP contribution < -0.4 is 0 Å². The summed E-state index contributed by atoms with van der Waals surface area (Å²) in [5, 5.41) is 10.1. The number of carbonyl (C=O) groups is 3. The van der Waals surface area contributed by atoms with Gasteiger partial charge in [-0.1, -0.05) is 58.4 Å². The number of hydrogen-bond donors (Lipinski definition) is 1. The number of aliphatic hydroxyl groups excluding tert-OH is 1. The standard InChI is InChI=1S/C32H43BrN4O5S/c1-4-11-35(14-13-34-15-17-42-18-16-34)31(41)28-32-19-24(33)27(43-32)25(26(32)30(40)37(28)22(3)21-38)29(39)36(12-5-2)20-23-9-7-6-8-10-23/h4-10,22,24-28,38H,1-2,11-21H2,3H3/t22-,24?,25-,26+,27-,28?,32?/m1/s1. The molecule has 3 amide bonds. The minimum absolute atomic E-state index is 0.0290. The average Bonchev–Trinajstić information content (AvgIpc) is 3.62. The molecule has 4 aliphatic heterocycles. The fourth-order valence-electron chi connectivity index (χ4n) is 7.30. The number of amides is 3. The van der Waals surface area contributed by atoms with Crippen LogP contribution in [0.4, 0.5) is 0 Å². The van der Waals surface area contributed by atoms with E-state index in [0.29, 0.717) is 52.4 Å². The third-order valence-corrected chi connectivity index (χ3v) is 12.5. The van der Waals surface area contributed by atoms with Gasteiger partial charge in [-0.2, -0.15) is 0 Å². The predicted molar refractivity (Wildman–Crippen MR) is 172 cm³/mol. The number of rotatable bonds is 13. The van der Waals surface area contributed by atoms with Crippen molar-refractivity contribution in [3.8, 4) is 0 Å². The predicted octanol–water partition coefficient (Wildman–Crippen LogP) is 2.39. The lowest BCUT2D eigenvalue weighted by atomic mass is 9.70. The quantitative estimate of drug-likeness (QED) is 0.254. The fourth-order valence-corrected chi connectivity index (χ4v) is 10.9. The molecule has 7 atom stereocenters. The molecule has 1 N–H and O–H groups in total. The lowest BCUT2D eigenvalue weighted by Gasteiger charge is -2.40. The molecule has 1 spiro atoms. The molecular weight excluding hydrogens is 632 g/mol. The molecule has 234 valence electrons. The molecule has 0 radical (unpaired) electrons. The highest BCUT2D eigenvalue weighted by Gasteiger charge is 2.76. The van der Waals surface area contributed by atoms with Crippen molar-refractivity contribution >= 4 is 45.4 Å². The summed E-state index contributed by atoms with van der Waals surface area (Å²) >= 11 is 5.49. The van der Waals surface area contributed by atoms with Crippen molar-refractivity contribution < 1.29 is 24.2 Å². The van der Waals surface area contributed by atoms with Crippen LogP contribution >= 0.6 is 27.7 Å². The summed E-state index contributed by atoms with van der Waals surface area (Å²) in [6.07, 6.45) is 4.03. The average molecular weight is 676 g/mol. The number of aliphatic hydroxyl groups is 1. The zero-order valence-corrected chi connectivity index (χ0v) is 27.3. The number of halogens is 1. The lowest BCUT2D eigenvalue weighted by molar-refractivity contribution is -0.147. The maximum absolute atomic E-state index is 14.6. The number of nitrogens with zero attached hydrogens (tertiary/aromatic N) is 4. The van der Waals surface area contributed by atoms with Crippen LogP contribution in [-0.2, 0) is 25.7 Å². The Morgan fingerprint density at radius 2 is 1.84 bits per heavy atom. The van der Waals surface area contributed by atoms with Crippen LogP contribution in [-0.4, -0.2) is 128 Å². The second-order valence-corrected chi connectivity index (χ2v) is 14.7. The molecule has 1 aromatic rings. The molecule has 0 aromatic heterocycles. The van der Waals surface area contributed by atoms with E-state index in [1.165, 1.54) is 0 Å². The molecule has 0 saturated carbocycles. The van der Waals surface area contributed by atoms with Crippen molar-refractivity contribution in [3.63, 3.8) is 0 Å². The number of likely N-dealkylation sites (tertiary alicyclic amines) is 1. The monoisotopic (exact) mass is 674 g/mol. The second kappa shape index (κ2) is 13.9. The van der Waals surface area contributed by atoms with E-state index in [4.69, 9.17) is 4.74 Å². The van der Waals surface area contributed by atoms with Crippen LogP contribution in [0, 0.1) is 11.8 Å². The van der Waals surface area contributed by atoms with E-state index in [1.54, 1.807) is 45.5 Å². The molecule has 43 heavy (non-hydrogen) atoms. The number of fused-ring (bicyclic) bond motifs is 1. The van der Waals surface area contributed by atoms with E-state index in [-0.39, 0.29) is 34.4 Å². The van der Waals surface area contributed by atoms with E-state index >= 15 is 0 Å². The lowest BCUT2D eigenvalue weighted by Crippen LogP contribution is -2.58. The number of ether oxygens (including phenoxy) is 1. The van der Waals surface area contributed by atoms with Crippen LogP contribution in [0.3, 0.4) is 0 Å². The van der Waals surface area contributed by atoms with Gasteiger partial charge in [0.15, 0.2) is 0 Å². The summed E-state index contributed by atoms with van der Waals surface area (Å²) < 4.78 is 4.71. The van der Waals surface area contributed by atoms with Crippen molar-refractivity contribution in [3.05, 3.63) is 61.2 Å². The van der Waals surface area contributed by atoms with Gasteiger partial charge >= 0.3 is 0 Å². The van der Waals surface area contributed by atoms with Gasteiger partial charge in [-0.3, -0.25) is 19.3 Å². The highest BCUT2D eigenvalue weighted by molar-refractivity contribution is 9.09. The largest absolute Gasteiger partial charge is 0.394 e. The fraction of sp³-hybridized carbons (Fsp3) is 0.594. The Balaban J connectivity index is 1.47. The first kappa shape index (κ1) is 32.2. The number of alkyl halides is 1. The summed E-state index contributed by atoms with van der Waals surface area (Å²) in [5.74, 6) is -1.69. The first-order chi connectivity index (χ1) is 20.8. The van der Waals surface area contributed by atoms with Crippen LogP contribution in [0.5, 0.6) is 0 Å². The number of benzene rings is 1.